The standard InChI is InChI=1S/C12H15NS/c1-9(2)3-10-4-11(7-13)6-12(5-10)8-14/h4-6,9,14H,3,8H2,1-2H3. The summed E-state index contributed by atoms with van der Waals surface area (Å²) in [5, 5.41) is 8.84. The molecule has 0 fully saturated rings. The summed E-state index contributed by atoms with van der Waals surface area (Å²) in [6.45, 7) is 4.36. The summed E-state index contributed by atoms with van der Waals surface area (Å²) in [5.41, 5.74) is 3.11. The molecule has 0 N–H and O–H groups in total. The van der Waals surface area contributed by atoms with Crippen molar-refractivity contribution >= 4 is 12.6 Å². The van der Waals surface area contributed by atoms with Crippen molar-refractivity contribution in [1.82, 2.24) is 0 Å². The smallest absolute Gasteiger partial charge is 0.0991 e. The molecule has 0 aliphatic rings. The Kier molecular flexibility index (Phi) is 4.03. The largest absolute Gasteiger partial charge is 0.192 e. The number of benzene rings is 1. The minimum Gasteiger partial charge on any atom is -0.192 e. The van der Waals surface area contributed by atoms with Crippen LogP contribution in [0.1, 0.15) is 30.5 Å². The molecule has 1 rings (SSSR count). The zero-order valence-corrected chi connectivity index (χ0v) is 9.51. The third kappa shape index (κ3) is 3.08. The van der Waals surface area contributed by atoms with Gasteiger partial charge in [-0.25, -0.2) is 0 Å². The van der Waals surface area contributed by atoms with Crippen molar-refractivity contribution in [3.63, 3.8) is 0 Å². The third-order valence-corrected chi connectivity index (χ3v) is 2.37. The molecule has 2 heteroatoms. The topological polar surface area (TPSA) is 23.8 Å². The highest BCUT2D eigenvalue weighted by Crippen LogP contribution is 2.15. The predicted molar refractivity (Wildman–Crippen MR) is 62.4 cm³/mol. The second-order valence-electron chi connectivity index (χ2n) is 3.91. The zero-order chi connectivity index (χ0) is 10.6. The summed E-state index contributed by atoms with van der Waals surface area (Å²) in [5.74, 6) is 1.32. The monoisotopic (exact) mass is 205 g/mol. The number of rotatable bonds is 3. The molecule has 1 aromatic rings. The summed E-state index contributed by atoms with van der Waals surface area (Å²) >= 11 is 4.22. The Hall–Kier alpha value is -0.940. The van der Waals surface area contributed by atoms with E-state index in [2.05, 4.69) is 38.6 Å². The number of hydrogen-bond donors (Lipinski definition) is 1. The minimum absolute atomic E-state index is 0.622. The van der Waals surface area contributed by atoms with Gasteiger partial charge in [0.25, 0.3) is 0 Å². The van der Waals surface area contributed by atoms with Crippen molar-refractivity contribution in [2.24, 2.45) is 5.92 Å². The summed E-state index contributed by atoms with van der Waals surface area (Å²) in [6, 6.07) is 8.18. The number of nitrogens with zero attached hydrogens (tertiary/aromatic N) is 1. The van der Waals surface area contributed by atoms with Gasteiger partial charge in [0.05, 0.1) is 11.6 Å². The van der Waals surface area contributed by atoms with E-state index in [1.807, 2.05) is 12.1 Å². The Labute approximate surface area is 91.2 Å². The van der Waals surface area contributed by atoms with Crippen LogP contribution in [0.15, 0.2) is 18.2 Å². The van der Waals surface area contributed by atoms with Crippen molar-refractivity contribution in [2.75, 3.05) is 0 Å². The Morgan fingerprint density at radius 3 is 2.43 bits per heavy atom. The van der Waals surface area contributed by atoms with E-state index >= 15 is 0 Å². The van der Waals surface area contributed by atoms with E-state index in [1.165, 1.54) is 5.56 Å². The maximum absolute atomic E-state index is 8.84. The molecule has 0 aliphatic heterocycles. The van der Waals surface area contributed by atoms with Crippen molar-refractivity contribution < 1.29 is 0 Å². The predicted octanol–water partition coefficient (Wildman–Crippen LogP) is 3.19. The zero-order valence-electron chi connectivity index (χ0n) is 8.62. The lowest BCUT2D eigenvalue weighted by Crippen LogP contribution is -1.96. The molecule has 0 aliphatic carbocycles. The molecule has 0 heterocycles. The van der Waals surface area contributed by atoms with Gasteiger partial charge in [-0.15, -0.1) is 0 Å². The van der Waals surface area contributed by atoms with E-state index < -0.39 is 0 Å². The van der Waals surface area contributed by atoms with Crippen LogP contribution in [0.5, 0.6) is 0 Å². The van der Waals surface area contributed by atoms with Gasteiger partial charge in [0.1, 0.15) is 0 Å². The first-order valence-corrected chi connectivity index (χ1v) is 5.42. The maximum atomic E-state index is 8.84. The highest BCUT2D eigenvalue weighted by molar-refractivity contribution is 7.79. The number of nitriles is 1. The first kappa shape index (κ1) is 11.1. The van der Waals surface area contributed by atoms with Crippen LogP contribution in [-0.2, 0) is 12.2 Å². The Morgan fingerprint density at radius 2 is 1.93 bits per heavy atom. The molecule has 0 amide bonds. The summed E-state index contributed by atoms with van der Waals surface area (Å²) in [4.78, 5) is 0. The van der Waals surface area contributed by atoms with Gasteiger partial charge in [0.2, 0.25) is 0 Å². The fourth-order valence-electron chi connectivity index (χ4n) is 1.51. The Bertz CT molecular complexity index is 350. The molecule has 0 radical (unpaired) electrons. The fourth-order valence-corrected chi connectivity index (χ4v) is 1.69. The van der Waals surface area contributed by atoms with E-state index in [1.54, 1.807) is 0 Å². The van der Waals surface area contributed by atoms with E-state index in [0.29, 0.717) is 11.7 Å². The molecular weight excluding hydrogens is 190 g/mol. The van der Waals surface area contributed by atoms with Gasteiger partial charge in [-0.3, -0.25) is 0 Å². The van der Waals surface area contributed by atoms with Crippen molar-refractivity contribution in [3.05, 3.63) is 34.9 Å². The molecule has 0 bridgehead atoms. The first-order chi connectivity index (χ1) is 6.65. The van der Waals surface area contributed by atoms with Gasteiger partial charge in [0.15, 0.2) is 0 Å². The van der Waals surface area contributed by atoms with E-state index in [-0.39, 0.29) is 0 Å². The van der Waals surface area contributed by atoms with Gasteiger partial charge in [0, 0.05) is 5.75 Å². The SMILES string of the molecule is CC(C)Cc1cc(C#N)cc(CS)c1. The van der Waals surface area contributed by atoms with Gasteiger partial charge >= 0.3 is 0 Å². The van der Waals surface area contributed by atoms with Gasteiger partial charge in [-0.1, -0.05) is 19.9 Å². The number of hydrogen-bond acceptors (Lipinski definition) is 2. The molecule has 0 atom stereocenters. The summed E-state index contributed by atoms with van der Waals surface area (Å²) in [6.07, 6.45) is 1.02. The van der Waals surface area contributed by atoms with E-state index in [9.17, 15) is 0 Å². The van der Waals surface area contributed by atoms with E-state index in [0.717, 1.165) is 17.5 Å². The minimum atomic E-state index is 0.622. The lowest BCUT2D eigenvalue weighted by Gasteiger charge is -2.07. The van der Waals surface area contributed by atoms with Crippen LogP contribution in [0.25, 0.3) is 0 Å². The lowest BCUT2D eigenvalue weighted by atomic mass is 9.99. The highest BCUT2D eigenvalue weighted by atomic mass is 32.1. The molecule has 0 saturated heterocycles. The molecule has 0 spiro atoms. The summed E-state index contributed by atoms with van der Waals surface area (Å²) in [7, 11) is 0. The average Bonchev–Trinajstić information content (AvgIpc) is 2.16. The van der Waals surface area contributed by atoms with Gasteiger partial charge in [-0.05, 0) is 35.6 Å². The highest BCUT2D eigenvalue weighted by Gasteiger charge is 2.02. The molecule has 1 aromatic carbocycles. The van der Waals surface area contributed by atoms with Crippen molar-refractivity contribution in [1.29, 1.82) is 5.26 Å². The number of thiol groups is 1. The lowest BCUT2D eigenvalue weighted by molar-refractivity contribution is 0.647. The molecule has 74 valence electrons. The average molecular weight is 205 g/mol. The van der Waals surface area contributed by atoms with Gasteiger partial charge < -0.3 is 0 Å². The van der Waals surface area contributed by atoms with Crippen molar-refractivity contribution in [3.8, 4) is 6.07 Å². The summed E-state index contributed by atoms with van der Waals surface area (Å²) < 4.78 is 0. The maximum Gasteiger partial charge on any atom is 0.0991 e. The first-order valence-electron chi connectivity index (χ1n) is 4.79. The Balaban J connectivity index is 3.00. The third-order valence-electron chi connectivity index (χ3n) is 2.01. The second kappa shape index (κ2) is 5.07. The van der Waals surface area contributed by atoms with Crippen LogP contribution in [0, 0.1) is 17.2 Å². The van der Waals surface area contributed by atoms with Crippen LogP contribution < -0.4 is 0 Å². The molecule has 0 saturated carbocycles. The molecular formula is C12H15NS. The van der Waals surface area contributed by atoms with Crippen LogP contribution in [0.2, 0.25) is 0 Å². The van der Waals surface area contributed by atoms with E-state index in [4.69, 9.17) is 5.26 Å². The van der Waals surface area contributed by atoms with Crippen molar-refractivity contribution in [2.45, 2.75) is 26.0 Å². The van der Waals surface area contributed by atoms with Gasteiger partial charge in [-0.2, -0.15) is 17.9 Å². The second-order valence-corrected chi connectivity index (χ2v) is 4.22. The molecule has 14 heavy (non-hydrogen) atoms. The normalized spacial score (nSPS) is 10.2. The molecule has 0 aromatic heterocycles. The Morgan fingerprint density at radius 1 is 1.29 bits per heavy atom. The quantitative estimate of drug-likeness (QED) is 0.753. The van der Waals surface area contributed by atoms with Crippen LogP contribution >= 0.6 is 12.6 Å². The molecule has 1 nitrogen and oxygen atoms in total. The molecule has 0 unspecified atom stereocenters. The van der Waals surface area contributed by atoms with Crippen LogP contribution in [0.4, 0.5) is 0 Å². The van der Waals surface area contributed by atoms with Crippen LogP contribution in [0.3, 0.4) is 0 Å². The van der Waals surface area contributed by atoms with Crippen LogP contribution in [-0.4, -0.2) is 0 Å². The fraction of sp³-hybridized carbons (Fsp3) is 0.417.